The molecule has 2 aromatic carbocycles. The second kappa shape index (κ2) is 15.8. The molecule has 6 heterocycles. The number of rotatable bonds is 11. The molecule has 2 atom stereocenters. The summed E-state index contributed by atoms with van der Waals surface area (Å²) >= 11 is 0. The molecule has 0 radical (unpaired) electrons. The van der Waals surface area contributed by atoms with Crippen LogP contribution in [0.5, 0.6) is 0 Å². The third kappa shape index (κ3) is 7.59. The molecule has 4 saturated heterocycles. The topological polar surface area (TPSA) is 164 Å². The molecule has 5 amide bonds. The SMILES string of the molecule is C=C1c2cccc(CCCN3CCN(c4ccc(Nc5nc(N6CCC[C@@H](N7CCN(C)C7=O)C6)cnc5C(N)=O)cc4)CC3)c2CN1C1CCC(=O)NC1=O. The highest BCUT2D eigenvalue weighted by atomic mass is 16.2. The van der Waals surface area contributed by atoms with E-state index in [1.165, 1.54) is 11.1 Å². The number of benzene rings is 2. The van der Waals surface area contributed by atoms with Crippen molar-refractivity contribution in [3.05, 3.63) is 77.6 Å². The summed E-state index contributed by atoms with van der Waals surface area (Å²) in [5.41, 5.74) is 12.2. The molecule has 1 aromatic heterocycles. The number of fused-ring (bicyclic) bond motifs is 1. The standard InChI is InChI=1S/C41H51N11O4/c1-27-32-9-3-6-28(33(32)26-52(27)34-14-15-36(53)46-40(34)55)7-4-16-48-19-21-49(22-20-48)30-12-10-29(11-13-30)44-39-37(38(42)54)43-24-35(45-39)50-17-5-8-31(25-50)51-23-18-47(2)41(51)56/h3,6,9-13,24,31,34H,1,4-5,7-8,14-23,25-26H2,2H3,(H2,42,54)(H,44,45)(H,46,53,55)/t31-,34?/m1/s1. The van der Waals surface area contributed by atoms with Crippen LogP contribution in [0.25, 0.3) is 5.70 Å². The molecule has 0 aliphatic carbocycles. The number of carbonyl (C=O) groups excluding carboxylic acids is 4. The Bertz CT molecular complexity index is 2010. The minimum absolute atomic E-state index is 0.0671. The number of urea groups is 1. The number of nitrogens with one attached hydrogen (secondary N) is 2. The fraction of sp³-hybridized carbons (Fsp3) is 0.463. The molecule has 5 aliphatic rings. The Labute approximate surface area is 327 Å². The van der Waals surface area contributed by atoms with E-state index in [0.29, 0.717) is 37.6 Å². The number of nitrogens with two attached hydrogens (primary N) is 1. The molecular formula is C41H51N11O4. The summed E-state index contributed by atoms with van der Waals surface area (Å²) in [6.07, 6.45) is 6.33. The molecule has 3 aromatic rings. The first-order chi connectivity index (χ1) is 27.1. The second-order valence-corrected chi connectivity index (χ2v) is 15.5. The summed E-state index contributed by atoms with van der Waals surface area (Å²) in [5, 5.41) is 5.78. The van der Waals surface area contributed by atoms with E-state index in [9.17, 15) is 19.2 Å². The number of amides is 5. The first-order valence-corrected chi connectivity index (χ1v) is 19.8. The van der Waals surface area contributed by atoms with Gasteiger partial charge in [-0.2, -0.15) is 0 Å². The Balaban J connectivity index is 0.833. The van der Waals surface area contributed by atoms with E-state index in [1.807, 2.05) is 24.1 Å². The van der Waals surface area contributed by atoms with Crippen molar-refractivity contribution in [2.45, 2.75) is 57.2 Å². The van der Waals surface area contributed by atoms with Crippen LogP contribution in [0.3, 0.4) is 0 Å². The van der Waals surface area contributed by atoms with Gasteiger partial charge in [-0.05, 0) is 74.0 Å². The van der Waals surface area contributed by atoms with Crippen LogP contribution in [0.15, 0.2) is 55.2 Å². The molecular weight excluding hydrogens is 711 g/mol. The van der Waals surface area contributed by atoms with Crippen LogP contribution >= 0.6 is 0 Å². The number of nitrogens with zero attached hydrogens (tertiary/aromatic N) is 8. The number of likely N-dealkylation sites (N-methyl/N-ethyl adjacent to an activating group) is 1. The highest BCUT2D eigenvalue weighted by molar-refractivity contribution is 6.01. The van der Waals surface area contributed by atoms with Gasteiger partial charge in [0.2, 0.25) is 11.8 Å². The summed E-state index contributed by atoms with van der Waals surface area (Å²) in [4.78, 5) is 71.3. The molecule has 0 saturated carbocycles. The number of piperidine rings is 2. The summed E-state index contributed by atoms with van der Waals surface area (Å²) in [6, 6.07) is 14.3. The van der Waals surface area contributed by atoms with Crippen LogP contribution in [0.1, 0.15) is 59.3 Å². The minimum Gasteiger partial charge on any atom is -0.369 e. The first kappa shape index (κ1) is 37.2. The van der Waals surface area contributed by atoms with Gasteiger partial charge in [-0.1, -0.05) is 24.8 Å². The average Bonchev–Trinajstić information content (AvgIpc) is 3.72. The zero-order chi connectivity index (χ0) is 38.9. The van der Waals surface area contributed by atoms with Crippen molar-refractivity contribution in [1.29, 1.82) is 0 Å². The van der Waals surface area contributed by atoms with Gasteiger partial charge in [0.05, 0.1) is 12.2 Å². The normalized spacial score (nSPS) is 21.8. The number of aryl methyl sites for hydroxylation is 1. The van der Waals surface area contributed by atoms with Crippen LogP contribution in [0, 0.1) is 0 Å². The highest BCUT2D eigenvalue weighted by Crippen LogP contribution is 2.37. The van der Waals surface area contributed by atoms with Crippen molar-refractivity contribution in [3.63, 3.8) is 0 Å². The Kier molecular flexibility index (Phi) is 10.5. The lowest BCUT2D eigenvalue weighted by Gasteiger charge is -2.37. The molecule has 0 bridgehead atoms. The van der Waals surface area contributed by atoms with Crippen LogP contribution in [0.2, 0.25) is 0 Å². The van der Waals surface area contributed by atoms with Crippen molar-refractivity contribution < 1.29 is 19.2 Å². The van der Waals surface area contributed by atoms with E-state index < -0.39 is 5.91 Å². The smallest absolute Gasteiger partial charge is 0.320 e. The Morgan fingerprint density at radius 1 is 0.964 bits per heavy atom. The van der Waals surface area contributed by atoms with E-state index in [-0.39, 0.29) is 35.6 Å². The zero-order valence-electron chi connectivity index (χ0n) is 32.1. The lowest BCUT2D eigenvalue weighted by molar-refractivity contribution is -0.136. The van der Waals surface area contributed by atoms with Gasteiger partial charge >= 0.3 is 6.03 Å². The minimum atomic E-state index is -0.654. The first-order valence-electron chi connectivity index (χ1n) is 19.8. The van der Waals surface area contributed by atoms with E-state index in [1.54, 1.807) is 11.1 Å². The molecule has 4 fully saturated rings. The third-order valence-corrected chi connectivity index (χ3v) is 12.0. The molecule has 294 valence electrons. The summed E-state index contributed by atoms with van der Waals surface area (Å²) in [5.74, 6) is -0.130. The lowest BCUT2D eigenvalue weighted by atomic mass is 9.99. The summed E-state index contributed by atoms with van der Waals surface area (Å²) in [7, 11) is 1.84. The lowest BCUT2D eigenvalue weighted by Crippen LogP contribution is -2.50. The van der Waals surface area contributed by atoms with Gasteiger partial charge in [0.1, 0.15) is 11.9 Å². The highest BCUT2D eigenvalue weighted by Gasteiger charge is 2.37. The van der Waals surface area contributed by atoms with Gasteiger partial charge in [0, 0.05) is 95.0 Å². The fourth-order valence-electron chi connectivity index (χ4n) is 8.86. The number of piperazine rings is 1. The third-order valence-electron chi connectivity index (χ3n) is 12.0. The maximum atomic E-state index is 12.7. The van der Waals surface area contributed by atoms with Crippen LogP contribution in [0.4, 0.5) is 27.8 Å². The van der Waals surface area contributed by atoms with Crippen molar-refractivity contribution in [2.24, 2.45) is 5.73 Å². The van der Waals surface area contributed by atoms with Crippen LogP contribution in [-0.4, -0.2) is 131 Å². The van der Waals surface area contributed by atoms with E-state index >= 15 is 0 Å². The summed E-state index contributed by atoms with van der Waals surface area (Å²) in [6.45, 7) is 12.7. The van der Waals surface area contributed by atoms with E-state index in [2.05, 4.69) is 72.1 Å². The van der Waals surface area contributed by atoms with Crippen molar-refractivity contribution >= 4 is 52.5 Å². The van der Waals surface area contributed by atoms with Gasteiger partial charge in [-0.15, -0.1) is 0 Å². The maximum Gasteiger partial charge on any atom is 0.320 e. The predicted octanol–water partition coefficient (Wildman–Crippen LogP) is 3.00. The average molecular weight is 762 g/mol. The second-order valence-electron chi connectivity index (χ2n) is 15.5. The van der Waals surface area contributed by atoms with Crippen LogP contribution in [-0.2, 0) is 22.6 Å². The number of hydrogen-bond acceptors (Lipinski definition) is 11. The number of carbonyl (C=O) groups is 4. The van der Waals surface area contributed by atoms with E-state index in [0.717, 1.165) is 101 Å². The van der Waals surface area contributed by atoms with Crippen molar-refractivity contribution in [2.75, 3.05) is 81.1 Å². The Hall–Kier alpha value is -5.70. The quantitative estimate of drug-likeness (QED) is 0.246. The molecule has 5 aliphatic heterocycles. The molecule has 4 N–H and O–H groups in total. The Morgan fingerprint density at radius 2 is 1.77 bits per heavy atom. The Morgan fingerprint density at radius 3 is 2.50 bits per heavy atom. The largest absolute Gasteiger partial charge is 0.369 e. The zero-order valence-corrected chi connectivity index (χ0v) is 32.1. The molecule has 0 spiro atoms. The number of imide groups is 1. The molecule has 56 heavy (non-hydrogen) atoms. The number of anilines is 4. The van der Waals surface area contributed by atoms with Crippen molar-refractivity contribution in [1.82, 2.24) is 34.9 Å². The van der Waals surface area contributed by atoms with Crippen molar-refractivity contribution in [3.8, 4) is 0 Å². The number of aromatic nitrogens is 2. The van der Waals surface area contributed by atoms with Gasteiger partial charge < -0.3 is 35.6 Å². The van der Waals surface area contributed by atoms with Crippen LogP contribution < -0.4 is 26.2 Å². The predicted molar refractivity (Wildman–Crippen MR) is 214 cm³/mol. The molecule has 15 nitrogen and oxygen atoms in total. The van der Waals surface area contributed by atoms with E-state index in [4.69, 9.17) is 10.7 Å². The summed E-state index contributed by atoms with van der Waals surface area (Å²) < 4.78 is 0. The maximum absolute atomic E-state index is 12.7. The molecule has 15 heteroatoms. The molecule has 1 unspecified atom stereocenters. The van der Waals surface area contributed by atoms with Gasteiger partial charge in [0.15, 0.2) is 11.5 Å². The van der Waals surface area contributed by atoms with Gasteiger partial charge in [-0.3, -0.25) is 24.6 Å². The van der Waals surface area contributed by atoms with Gasteiger partial charge in [-0.25, -0.2) is 14.8 Å². The fourth-order valence-corrected chi connectivity index (χ4v) is 8.86. The number of primary amides is 1. The number of hydrogen-bond donors (Lipinski definition) is 3. The monoisotopic (exact) mass is 761 g/mol. The van der Waals surface area contributed by atoms with Gasteiger partial charge in [0.25, 0.3) is 5.91 Å². The molecule has 8 rings (SSSR count).